The summed E-state index contributed by atoms with van der Waals surface area (Å²) < 4.78 is 28.0. The van der Waals surface area contributed by atoms with E-state index in [1.54, 1.807) is 47.5 Å². The number of anilines is 2. The van der Waals surface area contributed by atoms with E-state index in [9.17, 15) is 13.2 Å². The van der Waals surface area contributed by atoms with Gasteiger partial charge in [0, 0.05) is 29.5 Å². The van der Waals surface area contributed by atoms with Gasteiger partial charge < -0.3 is 4.90 Å². The molecule has 1 N–H and O–H groups in total. The number of nitrogens with one attached hydrogen (secondary N) is 1. The van der Waals surface area contributed by atoms with Crippen molar-refractivity contribution in [2.24, 2.45) is 0 Å². The number of carbonyl (C=O) groups is 1. The van der Waals surface area contributed by atoms with Gasteiger partial charge in [0.2, 0.25) is 0 Å². The summed E-state index contributed by atoms with van der Waals surface area (Å²) in [6, 6.07) is 12.1. The lowest BCUT2D eigenvalue weighted by atomic mass is 10.1. The highest BCUT2D eigenvalue weighted by Gasteiger charge is 2.26. The first-order valence-corrected chi connectivity index (χ1v) is 10.7. The van der Waals surface area contributed by atoms with Crippen LogP contribution in [-0.2, 0) is 16.4 Å². The van der Waals surface area contributed by atoms with Gasteiger partial charge in [0.25, 0.3) is 15.9 Å². The molecule has 0 fully saturated rings. The van der Waals surface area contributed by atoms with E-state index in [-0.39, 0.29) is 10.1 Å². The number of fused-ring (bicyclic) bond motifs is 1. The van der Waals surface area contributed by atoms with E-state index in [4.69, 9.17) is 0 Å². The number of rotatable bonds is 4. The van der Waals surface area contributed by atoms with Crippen molar-refractivity contribution >= 4 is 38.6 Å². The number of pyridine rings is 1. The molecular weight excluding hydrogens is 382 g/mol. The number of amides is 1. The van der Waals surface area contributed by atoms with Crippen molar-refractivity contribution in [3.05, 3.63) is 70.9 Å². The van der Waals surface area contributed by atoms with E-state index in [1.807, 2.05) is 13.0 Å². The summed E-state index contributed by atoms with van der Waals surface area (Å²) in [6.07, 6.45) is 3.89. The van der Waals surface area contributed by atoms with Gasteiger partial charge in [-0.25, -0.2) is 8.42 Å². The molecule has 0 bridgehead atoms. The number of aromatic nitrogens is 1. The second-order valence-corrected chi connectivity index (χ2v) is 9.46. The van der Waals surface area contributed by atoms with E-state index < -0.39 is 10.0 Å². The molecule has 1 amide bonds. The number of hydrogen-bond acceptors (Lipinski definition) is 5. The Bertz CT molecular complexity index is 1110. The molecule has 0 saturated heterocycles. The lowest BCUT2D eigenvalue weighted by Crippen LogP contribution is -2.29. The fourth-order valence-electron chi connectivity index (χ4n) is 3.06. The molecule has 0 spiro atoms. The number of carbonyl (C=O) groups excluding carboxylic acids is 1. The summed E-state index contributed by atoms with van der Waals surface area (Å²) in [4.78, 5) is 19.4. The van der Waals surface area contributed by atoms with Crippen LogP contribution in [-0.4, -0.2) is 25.9 Å². The summed E-state index contributed by atoms with van der Waals surface area (Å²) in [5, 5.41) is 0. The van der Waals surface area contributed by atoms with Crippen LogP contribution in [0.4, 0.5) is 11.4 Å². The fourth-order valence-corrected chi connectivity index (χ4v) is 5.39. The molecule has 6 nitrogen and oxygen atoms in total. The molecule has 138 valence electrons. The predicted octanol–water partition coefficient (Wildman–Crippen LogP) is 3.46. The van der Waals surface area contributed by atoms with Crippen LogP contribution in [0.5, 0.6) is 0 Å². The normalized spacial score (nSPS) is 13.4. The standard InChI is InChI=1S/C19H17N3O3S2/c1-13-4-7-18(26-13)27(24,25)21-16-6-5-14-8-10-22(17(14)11-16)19(23)15-3-2-9-20-12-15/h2-7,9,11-12,21H,8,10H2,1H3. The first-order valence-electron chi connectivity index (χ1n) is 8.38. The molecule has 0 unspecified atom stereocenters. The van der Waals surface area contributed by atoms with Crippen molar-refractivity contribution in [3.8, 4) is 0 Å². The summed E-state index contributed by atoms with van der Waals surface area (Å²) >= 11 is 1.22. The molecule has 1 aliphatic heterocycles. The Morgan fingerprint density at radius 2 is 2.07 bits per heavy atom. The molecule has 0 saturated carbocycles. The number of sulfonamides is 1. The molecule has 0 atom stereocenters. The van der Waals surface area contributed by atoms with Crippen LogP contribution >= 0.6 is 11.3 Å². The van der Waals surface area contributed by atoms with Crippen molar-refractivity contribution in [1.82, 2.24) is 4.98 Å². The van der Waals surface area contributed by atoms with Crippen LogP contribution < -0.4 is 9.62 Å². The molecule has 0 aliphatic carbocycles. The van der Waals surface area contributed by atoms with Crippen molar-refractivity contribution in [2.45, 2.75) is 17.6 Å². The number of nitrogens with zero attached hydrogens (tertiary/aromatic N) is 2. The minimum absolute atomic E-state index is 0.143. The van der Waals surface area contributed by atoms with Gasteiger partial charge in [-0.15, -0.1) is 11.3 Å². The van der Waals surface area contributed by atoms with Gasteiger partial charge in [-0.05, 0) is 55.3 Å². The monoisotopic (exact) mass is 399 g/mol. The number of thiophene rings is 1. The number of benzene rings is 1. The van der Waals surface area contributed by atoms with Crippen molar-refractivity contribution in [3.63, 3.8) is 0 Å². The Balaban J connectivity index is 1.63. The van der Waals surface area contributed by atoms with Crippen LogP contribution in [0.3, 0.4) is 0 Å². The average molecular weight is 399 g/mol. The van der Waals surface area contributed by atoms with Crippen LogP contribution in [0, 0.1) is 6.92 Å². The maximum atomic E-state index is 12.8. The predicted molar refractivity (Wildman–Crippen MR) is 106 cm³/mol. The van der Waals surface area contributed by atoms with Crippen LogP contribution in [0.1, 0.15) is 20.8 Å². The Hall–Kier alpha value is -2.71. The molecule has 0 radical (unpaired) electrons. The van der Waals surface area contributed by atoms with Gasteiger partial charge >= 0.3 is 0 Å². The van der Waals surface area contributed by atoms with Crippen molar-refractivity contribution in [1.29, 1.82) is 0 Å². The maximum absolute atomic E-state index is 12.8. The zero-order valence-electron chi connectivity index (χ0n) is 14.5. The molecule has 4 rings (SSSR count). The topological polar surface area (TPSA) is 79.4 Å². The van der Waals surface area contributed by atoms with E-state index in [0.717, 1.165) is 22.5 Å². The average Bonchev–Trinajstić information content (AvgIpc) is 3.28. The SMILES string of the molecule is Cc1ccc(S(=O)(=O)Nc2ccc3c(c2)N(C(=O)c2cccnc2)CC3)s1. The summed E-state index contributed by atoms with van der Waals surface area (Å²) in [5.74, 6) is -0.143. The smallest absolute Gasteiger partial charge is 0.271 e. The van der Waals surface area contributed by atoms with Crippen molar-refractivity contribution in [2.75, 3.05) is 16.2 Å². The molecule has 1 aromatic carbocycles. The van der Waals surface area contributed by atoms with Gasteiger partial charge in [0.1, 0.15) is 4.21 Å². The van der Waals surface area contributed by atoms with Crippen LogP contribution in [0.2, 0.25) is 0 Å². The lowest BCUT2D eigenvalue weighted by Gasteiger charge is -2.18. The van der Waals surface area contributed by atoms with Crippen LogP contribution in [0.15, 0.2) is 59.1 Å². The van der Waals surface area contributed by atoms with Gasteiger partial charge in [0.05, 0.1) is 11.3 Å². The third kappa shape index (κ3) is 3.45. The molecule has 1 aliphatic rings. The lowest BCUT2D eigenvalue weighted by molar-refractivity contribution is 0.0989. The second-order valence-electron chi connectivity index (χ2n) is 6.26. The Kier molecular flexibility index (Phi) is 4.45. The summed E-state index contributed by atoms with van der Waals surface area (Å²) in [6.45, 7) is 2.42. The first kappa shape index (κ1) is 17.7. The highest BCUT2D eigenvalue weighted by atomic mass is 32.2. The molecule has 3 heterocycles. The van der Waals surface area contributed by atoms with Gasteiger partial charge in [0.15, 0.2) is 0 Å². The number of aryl methyl sites for hydroxylation is 1. The molecular formula is C19H17N3O3S2. The van der Waals surface area contributed by atoms with E-state index >= 15 is 0 Å². The highest BCUT2D eigenvalue weighted by molar-refractivity contribution is 7.94. The number of hydrogen-bond donors (Lipinski definition) is 1. The minimum atomic E-state index is -3.64. The van der Waals surface area contributed by atoms with Crippen molar-refractivity contribution < 1.29 is 13.2 Å². The maximum Gasteiger partial charge on any atom is 0.271 e. The molecule has 27 heavy (non-hydrogen) atoms. The summed E-state index contributed by atoms with van der Waals surface area (Å²) in [7, 11) is -3.64. The molecule has 8 heteroatoms. The van der Waals surface area contributed by atoms with Crippen LogP contribution in [0.25, 0.3) is 0 Å². The van der Waals surface area contributed by atoms with Gasteiger partial charge in [-0.1, -0.05) is 6.07 Å². The third-order valence-electron chi connectivity index (χ3n) is 4.37. The third-order valence-corrected chi connectivity index (χ3v) is 7.24. The molecule has 3 aromatic rings. The molecule has 2 aromatic heterocycles. The second kappa shape index (κ2) is 6.79. The first-order chi connectivity index (χ1) is 12.9. The van der Waals surface area contributed by atoms with E-state index in [1.165, 1.54) is 17.5 Å². The minimum Gasteiger partial charge on any atom is -0.308 e. The van der Waals surface area contributed by atoms with Gasteiger partial charge in [-0.2, -0.15) is 0 Å². The summed E-state index contributed by atoms with van der Waals surface area (Å²) in [5.41, 5.74) is 2.68. The Morgan fingerprint density at radius 3 is 2.78 bits per heavy atom. The Morgan fingerprint density at radius 1 is 1.22 bits per heavy atom. The van der Waals surface area contributed by atoms with E-state index in [0.29, 0.717) is 17.8 Å². The zero-order valence-corrected chi connectivity index (χ0v) is 16.2. The largest absolute Gasteiger partial charge is 0.308 e. The quantitative estimate of drug-likeness (QED) is 0.729. The van der Waals surface area contributed by atoms with Gasteiger partial charge in [-0.3, -0.25) is 14.5 Å². The fraction of sp³-hybridized carbons (Fsp3) is 0.158. The Labute approximate surface area is 161 Å². The van der Waals surface area contributed by atoms with E-state index in [2.05, 4.69) is 9.71 Å². The zero-order chi connectivity index (χ0) is 19.0. The highest BCUT2D eigenvalue weighted by Crippen LogP contribution is 2.33.